The quantitative estimate of drug-likeness (QED) is 0.516. The smallest absolute Gasteiger partial charge is 0.227 e. The largest absolute Gasteiger partial charge is 0.459 e. The third-order valence-corrected chi connectivity index (χ3v) is 5.21. The summed E-state index contributed by atoms with van der Waals surface area (Å²) in [6.07, 6.45) is -19.5. The molecule has 0 amide bonds. The summed E-state index contributed by atoms with van der Waals surface area (Å²) < 4.78 is 171. The summed E-state index contributed by atoms with van der Waals surface area (Å²) in [6.45, 7) is 0. The Morgan fingerprint density at radius 1 is 0.741 bits per heavy atom. The van der Waals surface area contributed by atoms with Gasteiger partial charge in [-0.15, -0.1) is 0 Å². The molecule has 0 saturated heterocycles. The van der Waals surface area contributed by atoms with Crippen molar-refractivity contribution in [2.75, 3.05) is 5.75 Å². The highest BCUT2D eigenvalue weighted by atomic mass is 32.2. The second kappa shape index (κ2) is 7.55. The van der Waals surface area contributed by atoms with E-state index in [0.717, 1.165) is 6.07 Å². The van der Waals surface area contributed by atoms with E-state index in [1.165, 1.54) is 0 Å². The highest BCUT2D eigenvalue weighted by Crippen LogP contribution is 2.48. The summed E-state index contributed by atoms with van der Waals surface area (Å²) in [5, 5.41) is 5.76. The molecule has 0 aromatic heterocycles. The van der Waals surface area contributed by atoms with Gasteiger partial charge in [-0.3, -0.25) is 0 Å². The molecule has 0 bridgehead atoms. The van der Waals surface area contributed by atoms with Crippen LogP contribution in [0.4, 0.5) is 52.7 Å². The van der Waals surface area contributed by atoms with Crippen LogP contribution in [0, 0.1) is 11.3 Å². The zero-order chi connectivity index (χ0) is 22.1. The number of rotatable bonds is 8. The van der Waals surface area contributed by atoms with Gasteiger partial charge in [0.2, 0.25) is 0 Å². The Hall–Kier alpha value is -1.40. The molecule has 0 radical (unpaired) electrons. The van der Waals surface area contributed by atoms with E-state index < -0.39 is 70.2 Å². The molecule has 0 spiro atoms. The van der Waals surface area contributed by atoms with Crippen LogP contribution in [0.1, 0.15) is 19.3 Å². The summed E-state index contributed by atoms with van der Waals surface area (Å²) in [5.74, 6) is -20.2. The second-order valence-corrected chi connectivity index (χ2v) is 7.56. The SMILES string of the molecule is N#CC(CCC(F)(F)C(F)(F)F)S(=O)(=O)CCC(F)(F)C(F)(F)C(F)(F)F. The molecule has 0 aromatic rings. The highest BCUT2D eigenvalue weighted by molar-refractivity contribution is 7.92. The van der Waals surface area contributed by atoms with Gasteiger partial charge < -0.3 is 0 Å². The Morgan fingerprint density at radius 2 is 1.19 bits per heavy atom. The predicted molar refractivity (Wildman–Crippen MR) is 64.0 cm³/mol. The Labute approximate surface area is 143 Å². The van der Waals surface area contributed by atoms with Crippen LogP contribution in [0.15, 0.2) is 0 Å². The fraction of sp³-hybridized carbons (Fsp3) is 0.909. The first-order valence-electron chi connectivity index (χ1n) is 6.50. The van der Waals surface area contributed by atoms with Gasteiger partial charge in [0, 0.05) is 12.8 Å². The fourth-order valence-electron chi connectivity index (χ4n) is 1.56. The van der Waals surface area contributed by atoms with Gasteiger partial charge in [-0.1, -0.05) is 0 Å². The molecule has 0 aliphatic rings. The minimum Gasteiger partial charge on any atom is -0.227 e. The Balaban J connectivity index is 5.28. The van der Waals surface area contributed by atoms with Crippen LogP contribution in [0.2, 0.25) is 0 Å². The Bertz CT molecular complexity index is 658. The number of nitrogens with zero attached hydrogens (tertiary/aromatic N) is 1. The number of hydrogen-bond donors (Lipinski definition) is 0. The molecule has 0 rings (SSSR count). The van der Waals surface area contributed by atoms with Crippen LogP contribution in [0.3, 0.4) is 0 Å². The number of sulfone groups is 1. The minimum atomic E-state index is -6.75. The number of hydrogen-bond acceptors (Lipinski definition) is 3. The van der Waals surface area contributed by atoms with Crippen LogP contribution in [0.5, 0.6) is 0 Å². The Kier molecular flexibility index (Phi) is 7.16. The topological polar surface area (TPSA) is 57.9 Å². The van der Waals surface area contributed by atoms with E-state index in [1.54, 1.807) is 0 Å². The van der Waals surface area contributed by atoms with Crippen LogP contribution in [-0.2, 0) is 9.84 Å². The van der Waals surface area contributed by atoms with Gasteiger partial charge in [-0.25, -0.2) is 8.42 Å². The lowest BCUT2D eigenvalue weighted by Crippen LogP contribution is -2.52. The average Bonchev–Trinajstić information content (AvgIpc) is 2.43. The first kappa shape index (κ1) is 25.6. The normalized spacial score (nSPS) is 16.1. The van der Waals surface area contributed by atoms with Crippen molar-refractivity contribution in [1.29, 1.82) is 5.26 Å². The predicted octanol–water partition coefficient (Wildman–Crippen LogP) is 4.49. The lowest BCUT2D eigenvalue weighted by Gasteiger charge is -2.28. The van der Waals surface area contributed by atoms with Gasteiger partial charge in [-0.2, -0.15) is 57.9 Å². The molecule has 0 aliphatic heterocycles. The van der Waals surface area contributed by atoms with Gasteiger partial charge in [0.05, 0.1) is 11.8 Å². The fourth-order valence-corrected chi connectivity index (χ4v) is 3.02. The third-order valence-electron chi connectivity index (χ3n) is 3.23. The van der Waals surface area contributed by atoms with Crippen LogP contribution < -0.4 is 0 Å². The van der Waals surface area contributed by atoms with E-state index in [-0.39, 0.29) is 0 Å². The standard InChI is InChI=1S/C11H9F12NO2S/c12-7(13,9(16,17)11(21,22)23)3-4-27(25,26)6(5-24)1-2-8(14,15)10(18,19)20/h6H,1-4H2. The van der Waals surface area contributed by atoms with Crippen molar-refractivity contribution in [2.24, 2.45) is 0 Å². The highest BCUT2D eigenvalue weighted by Gasteiger charge is 2.72. The number of alkyl halides is 12. The molecule has 0 saturated carbocycles. The molecule has 0 aliphatic carbocycles. The van der Waals surface area contributed by atoms with Gasteiger partial charge in [0.25, 0.3) is 0 Å². The van der Waals surface area contributed by atoms with E-state index in [9.17, 15) is 61.1 Å². The molecule has 1 atom stereocenters. The lowest BCUT2D eigenvalue weighted by molar-refractivity contribution is -0.354. The van der Waals surface area contributed by atoms with Gasteiger partial charge >= 0.3 is 30.1 Å². The lowest BCUT2D eigenvalue weighted by atomic mass is 10.1. The summed E-state index contributed by atoms with van der Waals surface area (Å²) in [7, 11) is -5.32. The maximum Gasteiger partial charge on any atom is 0.459 e. The first-order valence-corrected chi connectivity index (χ1v) is 8.22. The van der Waals surface area contributed by atoms with Crippen molar-refractivity contribution in [3.63, 3.8) is 0 Å². The van der Waals surface area contributed by atoms with E-state index in [4.69, 9.17) is 5.26 Å². The van der Waals surface area contributed by atoms with Crippen molar-refractivity contribution in [3.8, 4) is 6.07 Å². The molecular formula is C11H9F12NO2S. The maximum atomic E-state index is 13.0. The van der Waals surface area contributed by atoms with Gasteiger partial charge in [0.15, 0.2) is 9.84 Å². The van der Waals surface area contributed by atoms with Crippen molar-refractivity contribution >= 4 is 9.84 Å². The summed E-state index contributed by atoms with van der Waals surface area (Å²) in [4.78, 5) is 0. The molecule has 3 nitrogen and oxygen atoms in total. The molecule has 27 heavy (non-hydrogen) atoms. The van der Waals surface area contributed by atoms with Crippen LogP contribution in [0.25, 0.3) is 0 Å². The summed E-state index contributed by atoms with van der Waals surface area (Å²) in [6, 6.07) is 0.728. The molecule has 0 aromatic carbocycles. The van der Waals surface area contributed by atoms with Gasteiger partial charge in [-0.05, 0) is 6.42 Å². The molecular weight excluding hydrogens is 438 g/mol. The van der Waals surface area contributed by atoms with E-state index >= 15 is 0 Å². The first-order chi connectivity index (χ1) is 11.6. The summed E-state index contributed by atoms with van der Waals surface area (Å²) >= 11 is 0. The average molecular weight is 447 g/mol. The monoisotopic (exact) mass is 447 g/mol. The van der Waals surface area contributed by atoms with Crippen LogP contribution in [-0.4, -0.2) is 49.5 Å². The second-order valence-electron chi connectivity index (χ2n) is 5.25. The molecule has 1 unspecified atom stereocenters. The molecule has 0 fully saturated rings. The molecule has 160 valence electrons. The third kappa shape index (κ3) is 5.79. The van der Waals surface area contributed by atoms with Crippen molar-refractivity contribution < 1.29 is 61.1 Å². The zero-order valence-electron chi connectivity index (χ0n) is 12.6. The van der Waals surface area contributed by atoms with E-state index in [1.807, 2.05) is 0 Å². The maximum absolute atomic E-state index is 13.0. The summed E-state index contributed by atoms with van der Waals surface area (Å²) in [5.41, 5.74) is 0. The van der Waals surface area contributed by atoms with Crippen molar-refractivity contribution in [3.05, 3.63) is 0 Å². The van der Waals surface area contributed by atoms with E-state index in [2.05, 4.69) is 0 Å². The van der Waals surface area contributed by atoms with Crippen molar-refractivity contribution in [1.82, 2.24) is 0 Å². The Morgan fingerprint density at radius 3 is 1.52 bits per heavy atom. The molecule has 16 heteroatoms. The van der Waals surface area contributed by atoms with Crippen molar-refractivity contribution in [2.45, 2.75) is 54.6 Å². The van der Waals surface area contributed by atoms with Crippen LogP contribution >= 0.6 is 0 Å². The van der Waals surface area contributed by atoms with E-state index in [0.29, 0.717) is 0 Å². The number of nitriles is 1. The minimum absolute atomic E-state index is 0.728. The number of halogens is 12. The molecule has 0 N–H and O–H groups in total. The van der Waals surface area contributed by atoms with Gasteiger partial charge in [0.1, 0.15) is 5.25 Å². The zero-order valence-corrected chi connectivity index (χ0v) is 13.4. The molecule has 0 heterocycles.